The van der Waals surface area contributed by atoms with Crippen LogP contribution in [-0.4, -0.2) is 56.9 Å². The number of aromatic nitrogens is 4. The lowest BCUT2D eigenvalue weighted by Gasteiger charge is -2.34. The van der Waals surface area contributed by atoms with E-state index >= 15 is 0 Å². The minimum absolute atomic E-state index is 0.0280. The Morgan fingerprint density at radius 3 is 2.42 bits per heavy atom. The van der Waals surface area contributed by atoms with Gasteiger partial charge in [0.15, 0.2) is 0 Å². The minimum atomic E-state index is -0.565. The van der Waals surface area contributed by atoms with Crippen LogP contribution in [0.25, 0.3) is 0 Å². The Labute approximate surface area is 137 Å². The molecular weight excluding hydrogens is 312 g/mol. The van der Waals surface area contributed by atoms with E-state index in [1.807, 2.05) is 4.90 Å². The van der Waals surface area contributed by atoms with Crippen molar-refractivity contribution in [2.75, 3.05) is 31.1 Å². The summed E-state index contributed by atoms with van der Waals surface area (Å²) in [7, 11) is 0. The Morgan fingerprint density at radius 1 is 1.12 bits per heavy atom. The van der Waals surface area contributed by atoms with Crippen molar-refractivity contribution in [2.45, 2.75) is 13.3 Å². The summed E-state index contributed by atoms with van der Waals surface area (Å²) in [5.74, 6) is 0.516. The zero-order chi connectivity index (χ0) is 17.1. The van der Waals surface area contributed by atoms with Gasteiger partial charge in [0.2, 0.25) is 11.9 Å². The molecule has 1 amide bonds. The number of hydrogen-bond donors (Lipinski definition) is 2. The summed E-state index contributed by atoms with van der Waals surface area (Å²) < 4.78 is 0. The summed E-state index contributed by atoms with van der Waals surface area (Å²) in [6, 6.07) is 1.76. The quantitative estimate of drug-likeness (QED) is 0.750. The monoisotopic (exact) mass is 330 g/mol. The van der Waals surface area contributed by atoms with E-state index in [9.17, 15) is 14.4 Å². The van der Waals surface area contributed by atoms with E-state index in [4.69, 9.17) is 0 Å². The van der Waals surface area contributed by atoms with E-state index in [1.54, 1.807) is 30.3 Å². The first-order valence-electron chi connectivity index (χ1n) is 7.66. The van der Waals surface area contributed by atoms with Gasteiger partial charge in [-0.3, -0.25) is 14.6 Å². The third-order valence-corrected chi connectivity index (χ3v) is 4.05. The molecule has 0 radical (unpaired) electrons. The van der Waals surface area contributed by atoms with Gasteiger partial charge in [-0.15, -0.1) is 0 Å². The number of carbonyl (C=O) groups is 1. The predicted octanol–water partition coefficient (Wildman–Crippen LogP) is -0.947. The lowest BCUT2D eigenvalue weighted by molar-refractivity contribution is -0.130. The predicted molar refractivity (Wildman–Crippen MR) is 86.9 cm³/mol. The lowest BCUT2D eigenvalue weighted by Crippen LogP contribution is -2.50. The van der Waals surface area contributed by atoms with Crippen molar-refractivity contribution >= 4 is 11.9 Å². The first-order chi connectivity index (χ1) is 11.5. The van der Waals surface area contributed by atoms with E-state index in [0.29, 0.717) is 43.4 Å². The number of piperazine rings is 1. The number of carbonyl (C=O) groups excluding carboxylic acids is 1. The third-order valence-electron chi connectivity index (χ3n) is 4.05. The van der Waals surface area contributed by atoms with E-state index in [1.165, 1.54) is 0 Å². The number of nitrogens with one attached hydrogen (secondary N) is 2. The Bertz CT molecular complexity index is 836. The van der Waals surface area contributed by atoms with Gasteiger partial charge in [-0.2, -0.15) is 0 Å². The Kier molecular flexibility index (Phi) is 4.41. The molecular formula is C15H18N6O3. The smallest absolute Gasteiger partial charge is 0.325 e. The number of aromatic amines is 2. The number of H-pyrrole nitrogens is 2. The molecule has 1 aliphatic rings. The van der Waals surface area contributed by atoms with Crippen LogP contribution in [-0.2, 0) is 11.2 Å². The number of amides is 1. The van der Waals surface area contributed by atoms with Crippen molar-refractivity contribution in [1.29, 1.82) is 0 Å². The van der Waals surface area contributed by atoms with Crippen LogP contribution in [0.4, 0.5) is 5.95 Å². The van der Waals surface area contributed by atoms with Gasteiger partial charge < -0.3 is 14.8 Å². The molecule has 9 nitrogen and oxygen atoms in total. The molecule has 3 rings (SSSR count). The molecule has 0 aromatic carbocycles. The zero-order valence-corrected chi connectivity index (χ0v) is 13.3. The molecule has 0 unspecified atom stereocenters. The summed E-state index contributed by atoms with van der Waals surface area (Å²) >= 11 is 0. The van der Waals surface area contributed by atoms with Crippen LogP contribution in [0.15, 0.2) is 28.0 Å². The molecule has 1 fully saturated rings. The molecule has 0 bridgehead atoms. The highest BCUT2D eigenvalue weighted by Crippen LogP contribution is 2.11. The molecule has 0 aliphatic carbocycles. The largest absolute Gasteiger partial charge is 0.339 e. The molecule has 1 aliphatic heterocycles. The zero-order valence-electron chi connectivity index (χ0n) is 13.3. The number of rotatable bonds is 3. The second kappa shape index (κ2) is 6.65. The molecule has 2 aromatic rings. The summed E-state index contributed by atoms with van der Waals surface area (Å²) in [4.78, 5) is 52.3. The summed E-state index contributed by atoms with van der Waals surface area (Å²) in [5, 5.41) is 0. The molecule has 0 spiro atoms. The van der Waals surface area contributed by atoms with E-state index in [2.05, 4.69) is 19.9 Å². The average Bonchev–Trinajstić information content (AvgIpc) is 2.59. The fourth-order valence-electron chi connectivity index (χ4n) is 2.71. The van der Waals surface area contributed by atoms with Crippen molar-refractivity contribution in [1.82, 2.24) is 24.8 Å². The number of anilines is 1. The number of nitrogens with zero attached hydrogens (tertiary/aromatic N) is 4. The molecule has 2 aromatic heterocycles. The standard InChI is InChI=1S/C15H18N6O3/c1-10-11(13(23)19-15(24)18-10)9-12(22)20-5-7-21(8-6-20)14-16-3-2-4-17-14/h2-4H,5-9H2,1H3,(H2,18,19,23,24). The highest BCUT2D eigenvalue weighted by molar-refractivity contribution is 5.79. The van der Waals surface area contributed by atoms with Gasteiger partial charge in [0.25, 0.3) is 5.56 Å². The molecule has 3 heterocycles. The molecule has 2 N–H and O–H groups in total. The van der Waals surface area contributed by atoms with Crippen LogP contribution < -0.4 is 16.1 Å². The molecule has 24 heavy (non-hydrogen) atoms. The van der Waals surface area contributed by atoms with Crippen LogP contribution in [0.2, 0.25) is 0 Å². The van der Waals surface area contributed by atoms with Crippen molar-refractivity contribution in [3.8, 4) is 0 Å². The fourth-order valence-corrected chi connectivity index (χ4v) is 2.71. The highest BCUT2D eigenvalue weighted by Gasteiger charge is 2.23. The van der Waals surface area contributed by atoms with Gasteiger partial charge in [0, 0.05) is 49.8 Å². The lowest BCUT2D eigenvalue weighted by atomic mass is 10.1. The highest BCUT2D eigenvalue weighted by atomic mass is 16.2. The van der Waals surface area contributed by atoms with Crippen molar-refractivity contribution < 1.29 is 4.79 Å². The van der Waals surface area contributed by atoms with Crippen LogP contribution in [0, 0.1) is 6.92 Å². The van der Waals surface area contributed by atoms with Crippen LogP contribution in [0.5, 0.6) is 0 Å². The molecule has 126 valence electrons. The number of aryl methyl sites for hydroxylation is 1. The van der Waals surface area contributed by atoms with E-state index in [0.717, 1.165) is 0 Å². The third kappa shape index (κ3) is 3.34. The summed E-state index contributed by atoms with van der Waals surface area (Å²) in [5.41, 5.74) is -0.354. The van der Waals surface area contributed by atoms with Gasteiger partial charge in [-0.1, -0.05) is 0 Å². The maximum Gasteiger partial charge on any atom is 0.325 e. The topological polar surface area (TPSA) is 115 Å². The maximum atomic E-state index is 12.4. The normalized spacial score (nSPS) is 14.7. The first kappa shape index (κ1) is 15.9. The van der Waals surface area contributed by atoms with Crippen molar-refractivity contribution in [3.63, 3.8) is 0 Å². The van der Waals surface area contributed by atoms with E-state index < -0.39 is 11.2 Å². The van der Waals surface area contributed by atoms with Gasteiger partial charge in [-0.25, -0.2) is 14.8 Å². The minimum Gasteiger partial charge on any atom is -0.339 e. The van der Waals surface area contributed by atoms with Gasteiger partial charge >= 0.3 is 5.69 Å². The van der Waals surface area contributed by atoms with Crippen LogP contribution >= 0.6 is 0 Å². The second-order valence-corrected chi connectivity index (χ2v) is 5.61. The Balaban J connectivity index is 1.64. The first-order valence-corrected chi connectivity index (χ1v) is 7.66. The van der Waals surface area contributed by atoms with Crippen molar-refractivity contribution in [3.05, 3.63) is 50.6 Å². The Morgan fingerprint density at radius 2 is 1.79 bits per heavy atom. The maximum absolute atomic E-state index is 12.4. The summed E-state index contributed by atoms with van der Waals surface area (Å²) in [6.07, 6.45) is 3.34. The molecule has 0 saturated carbocycles. The van der Waals surface area contributed by atoms with Gasteiger partial charge in [0.05, 0.1) is 6.42 Å². The summed E-state index contributed by atoms with van der Waals surface area (Å²) in [6.45, 7) is 3.96. The fraction of sp³-hybridized carbons (Fsp3) is 0.400. The van der Waals surface area contributed by atoms with Gasteiger partial charge in [0.1, 0.15) is 0 Å². The van der Waals surface area contributed by atoms with Crippen LogP contribution in [0.1, 0.15) is 11.3 Å². The van der Waals surface area contributed by atoms with Gasteiger partial charge in [-0.05, 0) is 13.0 Å². The molecule has 1 saturated heterocycles. The van der Waals surface area contributed by atoms with Crippen LogP contribution in [0.3, 0.4) is 0 Å². The SMILES string of the molecule is Cc1[nH]c(=O)[nH]c(=O)c1CC(=O)N1CCN(c2ncccn2)CC1. The Hall–Kier alpha value is -2.97. The average molecular weight is 330 g/mol. The van der Waals surface area contributed by atoms with E-state index in [-0.39, 0.29) is 12.3 Å². The number of hydrogen-bond acceptors (Lipinski definition) is 6. The molecule has 9 heteroatoms. The second-order valence-electron chi connectivity index (χ2n) is 5.61. The molecule has 0 atom stereocenters. The van der Waals surface area contributed by atoms with Crippen molar-refractivity contribution in [2.24, 2.45) is 0 Å².